The topological polar surface area (TPSA) is 0 Å². The van der Waals surface area contributed by atoms with E-state index in [9.17, 15) is 0 Å². The van der Waals surface area contributed by atoms with Crippen molar-refractivity contribution in [3.05, 3.63) is 0 Å². The molecule has 4 heavy (non-hydrogen) atoms. The van der Waals surface area contributed by atoms with Gasteiger partial charge in [-0.3, -0.25) is 0 Å². The molecular weight excluding hydrogens is 181 g/mol. The zero-order chi connectivity index (χ0) is 3.58. The van der Waals surface area contributed by atoms with Gasteiger partial charge in [0.05, 0.1) is 0 Å². The number of halogens is 1. The van der Waals surface area contributed by atoms with Crippen LogP contribution in [0.5, 0.6) is 0 Å². The Balaban J connectivity index is 3.51. The van der Waals surface area contributed by atoms with Gasteiger partial charge in [0.1, 0.15) is 0 Å². The Labute approximate surface area is 41.6 Å². The fourth-order valence-electron chi connectivity index (χ4n) is 0. The first kappa shape index (κ1) is 5.21. The van der Waals surface area contributed by atoms with E-state index in [-0.39, 0.29) is 0 Å². The normalized spacial score (nSPS) is 8.00. The van der Waals surface area contributed by atoms with E-state index in [1.807, 2.05) is 21.2 Å². The summed E-state index contributed by atoms with van der Waals surface area (Å²) in [4.78, 5) is 0. The van der Waals surface area contributed by atoms with Crippen LogP contribution in [0, 0.1) is 0 Å². The van der Waals surface area contributed by atoms with Crippen LogP contribution in [0.25, 0.3) is 0 Å². The van der Waals surface area contributed by atoms with Crippen molar-refractivity contribution in [1.82, 2.24) is 0 Å². The minimum absolute atomic E-state index is 0.391. The molecule has 2 radical (unpaired) electrons. The standard InChI is InChI=1S/B2IS/c1-4(2)3/q-1. The van der Waals surface area contributed by atoms with Crippen molar-refractivity contribution in [2.24, 2.45) is 0 Å². The Morgan fingerprint density at radius 2 is 1.50 bits per heavy atom. The second-order valence-corrected chi connectivity index (χ2v) is 3.99. The first-order valence-electron chi connectivity index (χ1n) is 0.626. The first-order chi connectivity index (χ1) is 1.73. The molecule has 20 valence electrons. The first-order valence-corrected chi connectivity index (χ1v) is 4.52. The van der Waals surface area contributed by atoms with Gasteiger partial charge < -0.3 is 0 Å². The van der Waals surface area contributed by atoms with Gasteiger partial charge in [0.25, 0.3) is 0 Å². The van der Waals surface area contributed by atoms with Crippen LogP contribution >= 0.6 is 21.2 Å². The molecule has 0 aliphatic heterocycles. The summed E-state index contributed by atoms with van der Waals surface area (Å²) < 4.78 is 0. The monoisotopic (exact) mass is 181 g/mol. The molecule has 0 unspecified atom stereocenters. The zero-order valence-electron chi connectivity index (χ0n) is 1.94. The van der Waals surface area contributed by atoms with Crippen LogP contribution in [0.1, 0.15) is 0 Å². The maximum atomic E-state index is 4.90. The van der Waals surface area contributed by atoms with Crippen molar-refractivity contribution in [3.8, 4) is 0 Å². The van der Waals surface area contributed by atoms with Gasteiger partial charge in [-0.05, 0) is 0 Å². The van der Waals surface area contributed by atoms with Crippen LogP contribution in [0.4, 0.5) is 0 Å². The van der Waals surface area contributed by atoms with Crippen molar-refractivity contribution in [2.45, 2.75) is 0 Å². The quantitative estimate of drug-likeness (QED) is 0.282. The van der Waals surface area contributed by atoms with Crippen LogP contribution in [0.2, 0.25) is 0 Å². The number of hydrogen-bond acceptors (Lipinski definition) is 1. The molecule has 0 aliphatic rings. The predicted octanol–water partition coefficient (Wildman–Crippen LogP) is 0.122. The van der Waals surface area contributed by atoms with E-state index in [0.717, 1.165) is 0 Å². The van der Waals surface area contributed by atoms with Crippen molar-refractivity contribution in [1.29, 1.82) is 0 Å². The van der Waals surface area contributed by atoms with E-state index in [4.69, 9.17) is 13.4 Å². The second kappa shape index (κ2) is 2.45. The van der Waals surface area contributed by atoms with Gasteiger partial charge in [0.2, 0.25) is 0 Å². The van der Waals surface area contributed by atoms with E-state index in [0.29, 0.717) is 0 Å². The van der Waals surface area contributed by atoms with E-state index in [1.165, 1.54) is 0 Å². The molecule has 0 N–H and O–H groups in total. The molecule has 0 rings (SSSR count). The third kappa shape index (κ3) is 10.7. The molecule has 0 saturated carbocycles. The molecule has 0 spiro atoms. The number of hydrogen-bond donors (Lipinski definition) is 0. The van der Waals surface area contributed by atoms with Gasteiger partial charge in [-0.1, -0.05) is 0 Å². The molecule has 0 heterocycles. The number of rotatable bonds is 0. The van der Waals surface area contributed by atoms with E-state index >= 15 is 0 Å². The molecule has 0 amide bonds. The van der Waals surface area contributed by atoms with Gasteiger partial charge in [-0.15, -0.1) is 0 Å². The van der Waals surface area contributed by atoms with Crippen molar-refractivity contribution < 1.29 is 0 Å². The third-order valence-electron chi connectivity index (χ3n) is 0. The Morgan fingerprint density at radius 3 is 1.50 bits per heavy atom. The van der Waals surface area contributed by atoms with Crippen molar-refractivity contribution in [2.75, 3.05) is 0 Å². The Kier molecular flexibility index (Phi) is 3.19. The maximum absolute atomic E-state index is 4.90. The molecule has 0 fully saturated rings. The Hall–Kier alpha value is 1.21. The van der Waals surface area contributed by atoms with Crippen LogP contribution in [-0.2, 0) is 6.92 Å². The summed E-state index contributed by atoms with van der Waals surface area (Å²) in [5.41, 5.74) is 0. The van der Waals surface area contributed by atoms with Gasteiger partial charge >= 0.3 is 41.6 Å². The molecule has 0 aromatic heterocycles. The summed E-state index contributed by atoms with van der Waals surface area (Å²) in [7, 11) is 0. The minimum atomic E-state index is -0.391. The predicted molar refractivity (Wildman–Crippen MR) is 32.9 cm³/mol. The molecule has 0 atom stereocenters. The summed E-state index contributed by atoms with van der Waals surface area (Å²) in [6.45, 7) is 9.42. The molecular formula is B2IS-. The van der Waals surface area contributed by atoms with Crippen molar-refractivity contribution in [3.63, 3.8) is 0 Å². The Bertz CT molecular complexity index is 54.4. The van der Waals surface area contributed by atoms with Gasteiger partial charge in [-0.2, -0.15) is 0 Å². The van der Waals surface area contributed by atoms with E-state index < -0.39 is 6.92 Å². The summed E-state index contributed by atoms with van der Waals surface area (Å²) in [6, 6.07) is 0. The molecule has 0 aromatic carbocycles. The van der Waals surface area contributed by atoms with Crippen LogP contribution in [0.15, 0.2) is 0 Å². The van der Waals surface area contributed by atoms with Crippen molar-refractivity contribution >= 4 is 41.6 Å². The Morgan fingerprint density at radius 1 is 1.50 bits per heavy atom. The summed E-state index contributed by atoms with van der Waals surface area (Å²) in [5, 5.41) is 0. The summed E-state index contributed by atoms with van der Waals surface area (Å²) in [6.07, 6.45) is 0. The van der Waals surface area contributed by atoms with Crippen LogP contribution in [-0.4, -0.2) is 13.4 Å². The fourth-order valence-corrected chi connectivity index (χ4v) is 0. The molecule has 0 bridgehead atoms. The average molecular weight is 181 g/mol. The fraction of sp³-hybridized carbons (Fsp3) is 0. The molecule has 0 saturated heterocycles. The average Bonchev–Trinajstić information content (AvgIpc) is 0.811. The van der Waals surface area contributed by atoms with Gasteiger partial charge in [0, 0.05) is 0 Å². The molecule has 0 aromatic rings. The second-order valence-electron chi connectivity index (χ2n) is 0.314. The third-order valence-corrected chi connectivity index (χ3v) is 0. The SMILES string of the molecule is [B]=[S-](=[B])I. The molecule has 0 aliphatic carbocycles. The van der Waals surface area contributed by atoms with E-state index in [1.54, 1.807) is 0 Å². The molecule has 4 heteroatoms. The van der Waals surface area contributed by atoms with Crippen LogP contribution in [0.3, 0.4) is 0 Å². The van der Waals surface area contributed by atoms with E-state index in [2.05, 4.69) is 0 Å². The summed E-state index contributed by atoms with van der Waals surface area (Å²) >= 11 is 1.93. The van der Waals surface area contributed by atoms with Gasteiger partial charge in [0.15, 0.2) is 0 Å². The zero-order valence-corrected chi connectivity index (χ0v) is 4.91. The van der Waals surface area contributed by atoms with Gasteiger partial charge in [-0.25, -0.2) is 0 Å². The molecule has 0 nitrogen and oxygen atoms in total. The summed E-state index contributed by atoms with van der Waals surface area (Å²) in [5.74, 6) is 0. The van der Waals surface area contributed by atoms with Crippen LogP contribution < -0.4 is 0 Å².